The van der Waals surface area contributed by atoms with Crippen molar-refractivity contribution in [1.29, 1.82) is 0 Å². The van der Waals surface area contributed by atoms with Gasteiger partial charge in [0.25, 0.3) is 11.8 Å². The van der Waals surface area contributed by atoms with Crippen LogP contribution in [0.2, 0.25) is 0 Å². The zero-order valence-electron chi connectivity index (χ0n) is 19.2. The Kier molecular flexibility index (Phi) is 6.04. The van der Waals surface area contributed by atoms with Crippen LogP contribution in [0.15, 0.2) is 84.6 Å². The van der Waals surface area contributed by atoms with Crippen LogP contribution in [0, 0.1) is 0 Å². The molecule has 6 heteroatoms. The molecule has 2 heterocycles. The summed E-state index contributed by atoms with van der Waals surface area (Å²) < 4.78 is 5.43. The van der Waals surface area contributed by atoms with Crippen molar-refractivity contribution in [3.8, 4) is 5.75 Å². The van der Waals surface area contributed by atoms with Crippen LogP contribution in [-0.2, 0) is 16.1 Å². The number of nitrogens with zero attached hydrogens (tertiary/aromatic N) is 2. The molecular weight excluding hydrogens is 426 g/mol. The van der Waals surface area contributed by atoms with E-state index in [1.165, 1.54) is 23.4 Å². The van der Waals surface area contributed by atoms with Gasteiger partial charge in [-0.2, -0.15) is 0 Å². The summed E-state index contributed by atoms with van der Waals surface area (Å²) in [4.78, 5) is 30.7. The van der Waals surface area contributed by atoms with Gasteiger partial charge < -0.3 is 15.0 Å². The first-order chi connectivity index (χ1) is 16.7. The molecule has 0 spiro atoms. The molecule has 2 aliphatic rings. The molecule has 0 saturated carbocycles. The van der Waals surface area contributed by atoms with Gasteiger partial charge in [0.2, 0.25) is 0 Å². The van der Waals surface area contributed by atoms with E-state index in [-0.39, 0.29) is 18.4 Å². The molecular formula is C28H27N3O3. The van der Waals surface area contributed by atoms with E-state index in [4.69, 9.17) is 4.74 Å². The predicted molar refractivity (Wildman–Crippen MR) is 133 cm³/mol. The van der Waals surface area contributed by atoms with E-state index < -0.39 is 0 Å². The van der Waals surface area contributed by atoms with Crippen molar-refractivity contribution in [3.05, 3.63) is 95.7 Å². The third kappa shape index (κ3) is 4.15. The van der Waals surface area contributed by atoms with Crippen molar-refractivity contribution < 1.29 is 14.3 Å². The Morgan fingerprint density at radius 2 is 1.50 bits per heavy atom. The zero-order chi connectivity index (χ0) is 23.5. The molecule has 2 aliphatic heterocycles. The summed E-state index contributed by atoms with van der Waals surface area (Å²) in [6.07, 6.45) is 2.43. The number of nitrogens with one attached hydrogen (secondary N) is 1. The van der Waals surface area contributed by atoms with Gasteiger partial charge in [-0.05, 0) is 48.7 Å². The Labute approximate surface area is 199 Å². The summed E-state index contributed by atoms with van der Waals surface area (Å²) in [5.41, 5.74) is 4.10. The summed E-state index contributed by atoms with van der Waals surface area (Å²) in [5.74, 6) is -0.0278. The molecule has 172 valence electrons. The number of imide groups is 1. The van der Waals surface area contributed by atoms with Gasteiger partial charge in [-0.15, -0.1) is 0 Å². The molecule has 3 aromatic carbocycles. The van der Waals surface area contributed by atoms with E-state index in [0.29, 0.717) is 22.6 Å². The van der Waals surface area contributed by atoms with Crippen molar-refractivity contribution in [2.45, 2.75) is 19.4 Å². The molecule has 0 aromatic heterocycles. The third-order valence-corrected chi connectivity index (χ3v) is 6.36. The Morgan fingerprint density at radius 3 is 2.21 bits per heavy atom. The smallest absolute Gasteiger partial charge is 0.278 e. The summed E-state index contributed by atoms with van der Waals surface area (Å²) in [6, 6.07) is 24.8. The van der Waals surface area contributed by atoms with Crippen LogP contribution >= 0.6 is 0 Å². The van der Waals surface area contributed by atoms with E-state index in [9.17, 15) is 9.59 Å². The van der Waals surface area contributed by atoms with Gasteiger partial charge in [0.1, 0.15) is 11.4 Å². The lowest BCUT2D eigenvalue weighted by Crippen LogP contribution is -2.32. The third-order valence-electron chi connectivity index (χ3n) is 6.36. The lowest BCUT2D eigenvalue weighted by Gasteiger charge is -2.18. The molecule has 0 radical (unpaired) electrons. The fourth-order valence-corrected chi connectivity index (χ4v) is 4.59. The number of methoxy groups -OCH3 is 1. The Bertz CT molecular complexity index is 1230. The molecule has 6 nitrogen and oxygen atoms in total. The van der Waals surface area contributed by atoms with Gasteiger partial charge in [-0.1, -0.05) is 48.5 Å². The van der Waals surface area contributed by atoms with Gasteiger partial charge in [-0.25, -0.2) is 0 Å². The van der Waals surface area contributed by atoms with E-state index in [1.807, 2.05) is 66.7 Å². The second-order valence-electron chi connectivity index (χ2n) is 8.49. The van der Waals surface area contributed by atoms with E-state index >= 15 is 0 Å². The van der Waals surface area contributed by atoms with Crippen molar-refractivity contribution in [2.24, 2.45) is 0 Å². The summed E-state index contributed by atoms with van der Waals surface area (Å²) >= 11 is 0. The standard InChI is InChI=1S/C28H27N3O3/c1-34-24-12-6-5-11-21(24)19-31-27(32)25(20-9-3-2-4-10-20)26(28(31)33)29-22-13-15-23(16-14-22)30-17-7-8-18-30/h2-6,9-16,29H,7-8,17-19H2,1H3. The van der Waals surface area contributed by atoms with E-state index in [1.54, 1.807) is 7.11 Å². The van der Waals surface area contributed by atoms with Crippen molar-refractivity contribution in [2.75, 3.05) is 30.4 Å². The summed E-state index contributed by atoms with van der Waals surface area (Å²) in [7, 11) is 1.58. The molecule has 0 atom stereocenters. The number of hydrogen-bond acceptors (Lipinski definition) is 5. The maximum atomic E-state index is 13.5. The molecule has 1 N–H and O–H groups in total. The predicted octanol–water partition coefficient (Wildman–Crippen LogP) is 4.69. The van der Waals surface area contributed by atoms with Crippen molar-refractivity contribution in [1.82, 2.24) is 4.90 Å². The molecule has 0 aliphatic carbocycles. The maximum absolute atomic E-state index is 13.5. The van der Waals surface area contributed by atoms with Crippen LogP contribution in [-0.4, -0.2) is 36.9 Å². The van der Waals surface area contributed by atoms with Crippen molar-refractivity contribution >= 4 is 28.8 Å². The topological polar surface area (TPSA) is 61.9 Å². The van der Waals surface area contributed by atoms with Crippen LogP contribution in [0.1, 0.15) is 24.0 Å². The second kappa shape index (κ2) is 9.43. The minimum absolute atomic E-state index is 0.136. The van der Waals surface area contributed by atoms with E-state index in [2.05, 4.69) is 22.3 Å². The number of carbonyl (C=O) groups is 2. The van der Waals surface area contributed by atoms with Gasteiger partial charge in [0.05, 0.1) is 19.2 Å². The first-order valence-corrected chi connectivity index (χ1v) is 11.6. The zero-order valence-corrected chi connectivity index (χ0v) is 19.2. The number of para-hydroxylation sites is 1. The lowest BCUT2D eigenvalue weighted by molar-refractivity contribution is -0.137. The van der Waals surface area contributed by atoms with Gasteiger partial charge >= 0.3 is 0 Å². The maximum Gasteiger partial charge on any atom is 0.278 e. The van der Waals surface area contributed by atoms with Crippen LogP contribution in [0.5, 0.6) is 5.75 Å². The molecule has 0 unspecified atom stereocenters. The highest BCUT2D eigenvalue weighted by Crippen LogP contribution is 2.33. The summed E-state index contributed by atoms with van der Waals surface area (Å²) in [6.45, 7) is 2.28. The minimum atomic E-state index is -0.349. The van der Waals surface area contributed by atoms with Crippen LogP contribution in [0.4, 0.5) is 11.4 Å². The number of carbonyl (C=O) groups excluding carboxylic acids is 2. The largest absolute Gasteiger partial charge is 0.496 e. The highest BCUT2D eigenvalue weighted by Gasteiger charge is 2.39. The molecule has 0 bridgehead atoms. The van der Waals surface area contributed by atoms with Crippen LogP contribution < -0.4 is 15.0 Å². The molecule has 2 amide bonds. The van der Waals surface area contributed by atoms with Gasteiger partial charge in [0.15, 0.2) is 0 Å². The number of ether oxygens (including phenoxy) is 1. The quantitative estimate of drug-likeness (QED) is 0.526. The number of benzene rings is 3. The number of rotatable bonds is 7. The molecule has 34 heavy (non-hydrogen) atoms. The average Bonchev–Trinajstić information content (AvgIpc) is 3.49. The second-order valence-corrected chi connectivity index (χ2v) is 8.49. The first kappa shape index (κ1) is 21.8. The molecule has 5 rings (SSSR count). The Morgan fingerprint density at radius 1 is 0.824 bits per heavy atom. The number of anilines is 2. The Balaban J connectivity index is 1.46. The van der Waals surface area contributed by atoms with Crippen LogP contribution in [0.25, 0.3) is 5.57 Å². The number of hydrogen-bond donors (Lipinski definition) is 1. The first-order valence-electron chi connectivity index (χ1n) is 11.6. The highest BCUT2D eigenvalue weighted by molar-refractivity contribution is 6.36. The summed E-state index contributed by atoms with van der Waals surface area (Å²) in [5, 5.41) is 3.25. The fourth-order valence-electron chi connectivity index (χ4n) is 4.59. The van der Waals surface area contributed by atoms with Gasteiger partial charge in [0, 0.05) is 30.0 Å². The monoisotopic (exact) mass is 453 g/mol. The molecule has 3 aromatic rings. The normalized spacial score (nSPS) is 15.9. The van der Waals surface area contributed by atoms with Crippen LogP contribution in [0.3, 0.4) is 0 Å². The highest BCUT2D eigenvalue weighted by atomic mass is 16.5. The lowest BCUT2D eigenvalue weighted by atomic mass is 10.0. The fraction of sp³-hybridized carbons (Fsp3) is 0.214. The molecule has 1 fully saturated rings. The van der Waals surface area contributed by atoms with E-state index in [0.717, 1.165) is 24.3 Å². The van der Waals surface area contributed by atoms with Gasteiger partial charge in [-0.3, -0.25) is 14.5 Å². The number of amides is 2. The SMILES string of the molecule is COc1ccccc1CN1C(=O)C(Nc2ccc(N3CCCC3)cc2)=C(c2ccccc2)C1=O. The Hall–Kier alpha value is -4.06. The van der Waals surface area contributed by atoms with Crippen molar-refractivity contribution in [3.63, 3.8) is 0 Å². The average molecular weight is 454 g/mol. The minimum Gasteiger partial charge on any atom is -0.496 e. The molecule has 1 saturated heterocycles.